The Morgan fingerprint density at radius 1 is 1.35 bits per heavy atom. The SMILES string of the molecule is Cc1nc(CN(CCCl)C2CCCC2)sc1C. The van der Waals surface area contributed by atoms with Crippen molar-refractivity contribution in [3.8, 4) is 0 Å². The van der Waals surface area contributed by atoms with Crippen molar-refractivity contribution in [3.05, 3.63) is 15.6 Å². The molecule has 0 spiro atoms. The number of thiazole rings is 1. The van der Waals surface area contributed by atoms with E-state index < -0.39 is 0 Å². The summed E-state index contributed by atoms with van der Waals surface area (Å²) in [5, 5.41) is 1.25. The summed E-state index contributed by atoms with van der Waals surface area (Å²) in [5.41, 5.74) is 1.18. The molecule has 0 saturated heterocycles. The Kier molecular flexibility index (Phi) is 4.83. The molecule has 1 heterocycles. The molecular weight excluding hydrogens is 252 g/mol. The minimum Gasteiger partial charge on any atom is -0.293 e. The van der Waals surface area contributed by atoms with Gasteiger partial charge in [-0.1, -0.05) is 12.8 Å². The lowest BCUT2D eigenvalue weighted by molar-refractivity contribution is 0.201. The van der Waals surface area contributed by atoms with Crippen molar-refractivity contribution in [1.29, 1.82) is 0 Å². The normalized spacial score (nSPS) is 17.2. The molecule has 1 aliphatic rings. The molecule has 0 bridgehead atoms. The summed E-state index contributed by atoms with van der Waals surface area (Å²) in [4.78, 5) is 8.51. The van der Waals surface area contributed by atoms with Crippen molar-refractivity contribution in [3.63, 3.8) is 0 Å². The summed E-state index contributed by atoms with van der Waals surface area (Å²) in [7, 11) is 0. The van der Waals surface area contributed by atoms with Gasteiger partial charge in [-0.3, -0.25) is 4.90 Å². The minimum absolute atomic E-state index is 0.722. The minimum atomic E-state index is 0.722. The number of hydrogen-bond donors (Lipinski definition) is 0. The number of rotatable bonds is 5. The van der Waals surface area contributed by atoms with Crippen molar-refractivity contribution in [2.75, 3.05) is 12.4 Å². The molecule has 0 radical (unpaired) electrons. The highest BCUT2D eigenvalue weighted by Crippen LogP contribution is 2.26. The maximum atomic E-state index is 5.92. The molecule has 0 aromatic carbocycles. The van der Waals surface area contributed by atoms with Gasteiger partial charge in [-0.2, -0.15) is 0 Å². The van der Waals surface area contributed by atoms with E-state index >= 15 is 0 Å². The fraction of sp³-hybridized carbons (Fsp3) is 0.769. The number of aromatic nitrogens is 1. The Bertz CT molecular complexity index is 339. The van der Waals surface area contributed by atoms with E-state index in [0.29, 0.717) is 0 Å². The summed E-state index contributed by atoms with van der Waals surface area (Å²) < 4.78 is 0. The second kappa shape index (κ2) is 6.17. The number of hydrogen-bond acceptors (Lipinski definition) is 3. The van der Waals surface area contributed by atoms with Crippen LogP contribution in [-0.2, 0) is 6.54 Å². The van der Waals surface area contributed by atoms with E-state index in [1.807, 2.05) is 11.3 Å². The number of halogens is 1. The third kappa shape index (κ3) is 3.43. The standard InChI is InChI=1S/C13H21ClN2S/c1-10-11(2)17-13(15-10)9-16(8-7-14)12-5-3-4-6-12/h12H,3-9H2,1-2H3. The maximum absolute atomic E-state index is 5.92. The van der Waals surface area contributed by atoms with E-state index in [9.17, 15) is 0 Å². The molecule has 0 unspecified atom stereocenters. The van der Waals surface area contributed by atoms with Crippen LogP contribution in [0.2, 0.25) is 0 Å². The van der Waals surface area contributed by atoms with Crippen LogP contribution < -0.4 is 0 Å². The van der Waals surface area contributed by atoms with Gasteiger partial charge in [-0.05, 0) is 26.7 Å². The molecule has 1 fully saturated rings. The molecule has 17 heavy (non-hydrogen) atoms. The zero-order valence-corrected chi connectivity index (χ0v) is 12.3. The van der Waals surface area contributed by atoms with Crippen molar-refractivity contribution in [2.24, 2.45) is 0 Å². The first-order valence-electron chi connectivity index (χ1n) is 6.43. The molecular formula is C13H21ClN2S. The Morgan fingerprint density at radius 2 is 2.06 bits per heavy atom. The monoisotopic (exact) mass is 272 g/mol. The van der Waals surface area contributed by atoms with Crippen LogP contribution in [0.1, 0.15) is 41.3 Å². The largest absolute Gasteiger partial charge is 0.293 e. The van der Waals surface area contributed by atoms with Gasteiger partial charge in [-0.15, -0.1) is 22.9 Å². The van der Waals surface area contributed by atoms with E-state index in [-0.39, 0.29) is 0 Å². The lowest BCUT2D eigenvalue weighted by Gasteiger charge is -2.26. The first-order chi connectivity index (χ1) is 8.20. The average Bonchev–Trinajstić information content (AvgIpc) is 2.89. The predicted molar refractivity (Wildman–Crippen MR) is 75.0 cm³/mol. The number of aryl methyl sites for hydroxylation is 2. The lowest BCUT2D eigenvalue weighted by atomic mass is 10.2. The summed E-state index contributed by atoms with van der Waals surface area (Å²) in [5.74, 6) is 0.722. The molecule has 1 saturated carbocycles. The second-order valence-corrected chi connectivity index (χ2v) is 6.51. The molecule has 0 N–H and O–H groups in total. The fourth-order valence-electron chi connectivity index (χ4n) is 2.55. The van der Waals surface area contributed by atoms with Gasteiger partial charge in [0.15, 0.2) is 0 Å². The van der Waals surface area contributed by atoms with Crippen molar-refractivity contribution in [1.82, 2.24) is 9.88 Å². The fourth-order valence-corrected chi connectivity index (χ4v) is 3.73. The van der Waals surface area contributed by atoms with E-state index in [1.165, 1.54) is 41.3 Å². The highest BCUT2D eigenvalue weighted by atomic mass is 35.5. The molecule has 0 aliphatic heterocycles. The Hall–Kier alpha value is -0.120. The van der Waals surface area contributed by atoms with Gasteiger partial charge in [0.1, 0.15) is 5.01 Å². The second-order valence-electron chi connectivity index (χ2n) is 4.85. The lowest BCUT2D eigenvalue weighted by Crippen LogP contribution is -2.34. The van der Waals surface area contributed by atoms with Crippen LogP contribution in [-0.4, -0.2) is 28.4 Å². The molecule has 1 aromatic heterocycles. The Balaban J connectivity index is 2.01. The highest BCUT2D eigenvalue weighted by molar-refractivity contribution is 7.11. The zero-order chi connectivity index (χ0) is 12.3. The van der Waals surface area contributed by atoms with Gasteiger partial charge < -0.3 is 0 Å². The van der Waals surface area contributed by atoms with Crippen LogP contribution >= 0.6 is 22.9 Å². The summed E-state index contributed by atoms with van der Waals surface area (Å²) in [6.45, 7) is 6.22. The molecule has 1 aliphatic carbocycles. The number of nitrogens with zero attached hydrogens (tertiary/aromatic N) is 2. The highest BCUT2D eigenvalue weighted by Gasteiger charge is 2.23. The molecule has 1 aromatic rings. The number of alkyl halides is 1. The van der Waals surface area contributed by atoms with Crippen molar-refractivity contribution in [2.45, 2.75) is 52.1 Å². The molecule has 2 rings (SSSR count). The Labute approximate surface area is 113 Å². The summed E-state index contributed by atoms with van der Waals surface area (Å²) in [6, 6.07) is 0.735. The van der Waals surface area contributed by atoms with Crippen molar-refractivity contribution >= 4 is 22.9 Å². The molecule has 96 valence electrons. The Morgan fingerprint density at radius 3 is 2.59 bits per heavy atom. The summed E-state index contributed by atoms with van der Waals surface area (Å²) in [6.07, 6.45) is 5.42. The first kappa shape index (κ1) is 13.3. The van der Waals surface area contributed by atoms with Crippen LogP contribution in [0.4, 0.5) is 0 Å². The third-order valence-corrected chi connectivity index (χ3v) is 4.85. The van der Waals surface area contributed by atoms with Crippen LogP contribution in [0, 0.1) is 13.8 Å². The van der Waals surface area contributed by atoms with Gasteiger partial charge in [0.25, 0.3) is 0 Å². The van der Waals surface area contributed by atoms with Crippen LogP contribution in [0.15, 0.2) is 0 Å². The van der Waals surface area contributed by atoms with E-state index in [2.05, 4.69) is 23.7 Å². The molecule has 0 atom stereocenters. The van der Waals surface area contributed by atoms with Gasteiger partial charge >= 0.3 is 0 Å². The zero-order valence-electron chi connectivity index (χ0n) is 10.7. The van der Waals surface area contributed by atoms with E-state index in [1.54, 1.807) is 0 Å². The molecule has 4 heteroatoms. The van der Waals surface area contributed by atoms with E-state index in [0.717, 1.165) is 25.0 Å². The van der Waals surface area contributed by atoms with Gasteiger partial charge in [0.05, 0.1) is 12.2 Å². The first-order valence-corrected chi connectivity index (χ1v) is 7.78. The van der Waals surface area contributed by atoms with Crippen LogP contribution in [0.3, 0.4) is 0 Å². The molecule has 2 nitrogen and oxygen atoms in total. The van der Waals surface area contributed by atoms with Crippen LogP contribution in [0.25, 0.3) is 0 Å². The third-order valence-electron chi connectivity index (χ3n) is 3.62. The van der Waals surface area contributed by atoms with E-state index in [4.69, 9.17) is 11.6 Å². The van der Waals surface area contributed by atoms with Crippen molar-refractivity contribution < 1.29 is 0 Å². The smallest absolute Gasteiger partial charge is 0.107 e. The van der Waals surface area contributed by atoms with Gasteiger partial charge in [0.2, 0.25) is 0 Å². The van der Waals surface area contributed by atoms with Crippen LogP contribution in [0.5, 0.6) is 0 Å². The summed E-state index contributed by atoms with van der Waals surface area (Å²) >= 11 is 7.75. The maximum Gasteiger partial charge on any atom is 0.107 e. The quantitative estimate of drug-likeness (QED) is 0.759. The van der Waals surface area contributed by atoms with Gasteiger partial charge in [0, 0.05) is 23.3 Å². The predicted octanol–water partition coefficient (Wildman–Crippen LogP) is 3.74. The topological polar surface area (TPSA) is 16.1 Å². The average molecular weight is 273 g/mol. The van der Waals surface area contributed by atoms with Gasteiger partial charge in [-0.25, -0.2) is 4.98 Å². The molecule has 0 amide bonds.